The van der Waals surface area contributed by atoms with Crippen molar-refractivity contribution in [1.29, 1.82) is 0 Å². The first kappa shape index (κ1) is 13.8. The van der Waals surface area contributed by atoms with E-state index >= 15 is 0 Å². The third-order valence-electron chi connectivity index (χ3n) is 2.93. The van der Waals surface area contributed by atoms with E-state index in [0.29, 0.717) is 12.1 Å². The Morgan fingerprint density at radius 1 is 1.21 bits per heavy atom. The van der Waals surface area contributed by atoms with Crippen LogP contribution in [0.5, 0.6) is 0 Å². The lowest BCUT2D eigenvalue weighted by Gasteiger charge is -2.19. The van der Waals surface area contributed by atoms with Crippen molar-refractivity contribution in [3.05, 3.63) is 64.1 Å². The average Bonchev–Trinajstić information content (AvgIpc) is 2.46. The fraction of sp³-hybridized carbons (Fsp3) is 0.133. The smallest absolute Gasteiger partial charge is 0.258 e. The number of para-hydroxylation sites is 1. The quantitative estimate of drug-likeness (QED) is 0.944. The van der Waals surface area contributed by atoms with Crippen LogP contribution in [0.3, 0.4) is 0 Å². The van der Waals surface area contributed by atoms with Gasteiger partial charge in [-0.1, -0.05) is 24.3 Å². The summed E-state index contributed by atoms with van der Waals surface area (Å²) in [6.45, 7) is 0.430. The van der Waals surface area contributed by atoms with E-state index in [1.165, 1.54) is 0 Å². The van der Waals surface area contributed by atoms with Crippen molar-refractivity contribution in [1.82, 2.24) is 0 Å². The normalized spacial score (nSPS) is 10.3. The van der Waals surface area contributed by atoms with Gasteiger partial charge in [-0.15, -0.1) is 0 Å². The molecule has 98 valence electrons. The molecule has 4 heteroatoms. The summed E-state index contributed by atoms with van der Waals surface area (Å²) in [5, 5.41) is 0. The maximum absolute atomic E-state index is 12.4. The van der Waals surface area contributed by atoms with Crippen LogP contribution >= 0.6 is 15.9 Å². The Hall–Kier alpha value is -1.65. The number of nitrogens with two attached hydrogens (primary N) is 1. The van der Waals surface area contributed by atoms with Crippen LogP contribution in [0.2, 0.25) is 0 Å². The summed E-state index contributed by atoms with van der Waals surface area (Å²) in [5.41, 5.74) is 8.03. The first-order chi connectivity index (χ1) is 9.13. The second-order valence-corrected chi connectivity index (χ2v) is 5.07. The van der Waals surface area contributed by atoms with E-state index in [9.17, 15) is 4.79 Å². The third-order valence-corrected chi connectivity index (χ3v) is 3.60. The van der Waals surface area contributed by atoms with Gasteiger partial charge in [0.25, 0.3) is 5.91 Å². The summed E-state index contributed by atoms with van der Waals surface area (Å²) in [6, 6.07) is 15.0. The van der Waals surface area contributed by atoms with Crippen LogP contribution in [0.25, 0.3) is 0 Å². The number of carbonyl (C=O) groups is 1. The summed E-state index contributed by atoms with van der Waals surface area (Å²) >= 11 is 3.45. The van der Waals surface area contributed by atoms with Crippen molar-refractivity contribution in [2.24, 2.45) is 5.73 Å². The van der Waals surface area contributed by atoms with Crippen molar-refractivity contribution in [2.75, 3.05) is 11.9 Å². The fourth-order valence-corrected chi connectivity index (χ4v) is 2.41. The van der Waals surface area contributed by atoms with E-state index in [2.05, 4.69) is 15.9 Å². The van der Waals surface area contributed by atoms with Crippen molar-refractivity contribution in [3.8, 4) is 0 Å². The van der Waals surface area contributed by atoms with Gasteiger partial charge in [0, 0.05) is 23.6 Å². The van der Waals surface area contributed by atoms with Gasteiger partial charge in [-0.3, -0.25) is 4.79 Å². The Morgan fingerprint density at radius 2 is 1.95 bits per heavy atom. The molecule has 0 bridgehead atoms. The zero-order valence-corrected chi connectivity index (χ0v) is 12.2. The van der Waals surface area contributed by atoms with E-state index < -0.39 is 0 Å². The van der Waals surface area contributed by atoms with Gasteiger partial charge in [0.2, 0.25) is 0 Å². The summed E-state index contributed by atoms with van der Waals surface area (Å²) in [5.74, 6) is -0.0535. The molecule has 0 aliphatic rings. The third kappa shape index (κ3) is 3.03. The summed E-state index contributed by atoms with van der Waals surface area (Å²) in [6.07, 6.45) is 0. The van der Waals surface area contributed by atoms with Gasteiger partial charge in [-0.2, -0.15) is 0 Å². The molecule has 0 radical (unpaired) electrons. The number of nitrogens with zero attached hydrogens (tertiary/aromatic N) is 1. The minimum Gasteiger partial charge on any atom is -0.326 e. The highest BCUT2D eigenvalue weighted by atomic mass is 79.9. The molecule has 0 heterocycles. The monoisotopic (exact) mass is 318 g/mol. The molecule has 0 unspecified atom stereocenters. The van der Waals surface area contributed by atoms with E-state index in [-0.39, 0.29) is 5.91 Å². The van der Waals surface area contributed by atoms with Crippen LogP contribution in [0, 0.1) is 0 Å². The minimum absolute atomic E-state index is 0.0535. The number of amides is 1. The standard InChI is InChI=1S/C15H15BrN2O/c1-18(14-8-3-2-7-13(14)16)15(19)12-6-4-5-11(9-12)10-17/h2-9H,10,17H2,1H3. The van der Waals surface area contributed by atoms with E-state index in [1.54, 1.807) is 18.0 Å². The van der Waals surface area contributed by atoms with Crippen LogP contribution in [0.15, 0.2) is 53.0 Å². The topological polar surface area (TPSA) is 46.3 Å². The molecule has 2 aromatic rings. The molecule has 0 atom stereocenters. The fourth-order valence-electron chi connectivity index (χ4n) is 1.86. The van der Waals surface area contributed by atoms with E-state index in [4.69, 9.17) is 5.73 Å². The summed E-state index contributed by atoms with van der Waals surface area (Å²) in [7, 11) is 1.76. The highest BCUT2D eigenvalue weighted by molar-refractivity contribution is 9.10. The molecular weight excluding hydrogens is 304 g/mol. The van der Waals surface area contributed by atoms with Gasteiger partial charge in [-0.05, 0) is 45.8 Å². The Labute approximate surface area is 121 Å². The molecular formula is C15H15BrN2O. The molecule has 3 nitrogen and oxygen atoms in total. The summed E-state index contributed by atoms with van der Waals surface area (Å²) in [4.78, 5) is 14.1. The van der Waals surface area contributed by atoms with Crippen LogP contribution in [0.1, 0.15) is 15.9 Å². The van der Waals surface area contributed by atoms with E-state index in [1.807, 2.05) is 42.5 Å². The largest absolute Gasteiger partial charge is 0.326 e. The van der Waals surface area contributed by atoms with Crippen molar-refractivity contribution >= 4 is 27.5 Å². The van der Waals surface area contributed by atoms with Crippen LogP contribution in [-0.4, -0.2) is 13.0 Å². The maximum atomic E-state index is 12.4. The molecule has 19 heavy (non-hydrogen) atoms. The Kier molecular flexibility index (Phi) is 4.35. The number of halogens is 1. The Bertz CT molecular complexity index is 598. The van der Waals surface area contributed by atoms with Crippen LogP contribution < -0.4 is 10.6 Å². The lowest BCUT2D eigenvalue weighted by Crippen LogP contribution is -2.26. The van der Waals surface area contributed by atoms with Gasteiger partial charge in [0.05, 0.1) is 5.69 Å². The average molecular weight is 319 g/mol. The molecule has 0 fully saturated rings. The minimum atomic E-state index is -0.0535. The van der Waals surface area contributed by atoms with Gasteiger partial charge >= 0.3 is 0 Å². The summed E-state index contributed by atoms with van der Waals surface area (Å²) < 4.78 is 0.890. The maximum Gasteiger partial charge on any atom is 0.258 e. The van der Waals surface area contributed by atoms with Crippen molar-refractivity contribution < 1.29 is 4.79 Å². The van der Waals surface area contributed by atoms with Crippen LogP contribution in [-0.2, 0) is 6.54 Å². The zero-order valence-electron chi connectivity index (χ0n) is 10.6. The molecule has 1 amide bonds. The lowest BCUT2D eigenvalue weighted by atomic mass is 10.1. The van der Waals surface area contributed by atoms with Gasteiger partial charge < -0.3 is 10.6 Å². The number of anilines is 1. The molecule has 0 aromatic heterocycles. The zero-order chi connectivity index (χ0) is 13.8. The van der Waals surface area contributed by atoms with Crippen LogP contribution in [0.4, 0.5) is 5.69 Å². The number of rotatable bonds is 3. The number of benzene rings is 2. The number of hydrogen-bond donors (Lipinski definition) is 1. The predicted molar refractivity (Wildman–Crippen MR) is 81.2 cm³/mol. The predicted octanol–water partition coefficient (Wildman–Crippen LogP) is 3.18. The molecule has 0 aliphatic carbocycles. The molecule has 0 saturated heterocycles. The van der Waals surface area contributed by atoms with Gasteiger partial charge in [-0.25, -0.2) is 0 Å². The van der Waals surface area contributed by atoms with Gasteiger partial charge in [0.1, 0.15) is 0 Å². The second kappa shape index (κ2) is 5.99. The lowest BCUT2D eigenvalue weighted by molar-refractivity contribution is 0.0993. The van der Waals surface area contributed by atoms with E-state index in [0.717, 1.165) is 15.7 Å². The molecule has 2 rings (SSSR count). The molecule has 0 aliphatic heterocycles. The highest BCUT2D eigenvalue weighted by Gasteiger charge is 2.15. The first-order valence-electron chi connectivity index (χ1n) is 5.95. The highest BCUT2D eigenvalue weighted by Crippen LogP contribution is 2.25. The Morgan fingerprint density at radius 3 is 2.63 bits per heavy atom. The van der Waals surface area contributed by atoms with Crippen molar-refractivity contribution in [3.63, 3.8) is 0 Å². The molecule has 2 N–H and O–H groups in total. The second-order valence-electron chi connectivity index (χ2n) is 4.22. The van der Waals surface area contributed by atoms with Gasteiger partial charge in [0.15, 0.2) is 0 Å². The Balaban J connectivity index is 2.31. The number of hydrogen-bond acceptors (Lipinski definition) is 2. The van der Waals surface area contributed by atoms with Crippen molar-refractivity contribution in [2.45, 2.75) is 6.54 Å². The first-order valence-corrected chi connectivity index (χ1v) is 6.74. The molecule has 2 aromatic carbocycles. The SMILES string of the molecule is CN(C(=O)c1cccc(CN)c1)c1ccccc1Br. The molecule has 0 saturated carbocycles. The molecule has 0 spiro atoms. The number of carbonyl (C=O) groups excluding carboxylic acids is 1.